The lowest BCUT2D eigenvalue weighted by Gasteiger charge is -2.28. The second-order valence-electron chi connectivity index (χ2n) is 8.59. The zero-order chi connectivity index (χ0) is 22.3. The number of nitrogens with two attached hydrogens (primary N) is 2. The molecular formula is C19H29N6O4S+. The summed E-state index contributed by atoms with van der Waals surface area (Å²) in [4.78, 5) is 17.3. The number of aliphatic imine (C=N–C) groups is 1. The fourth-order valence-electron chi connectivity index (χ4n) is 3.41. The van der Waals surface area contributed by atoms with Gasteiger partial charge in [0.15, 0.2) is 5.84 Å². The van der Waals surface area contributed by atoms with Gasteiger partial charge in [0.25, 0.3) is 0 Å². The van der Waals surface area contributed by atoms with Crippen molar-refractivity contribution in [3.05, 3.63) is 29.8 Å². The van der Waals surface area contributed by atoms with Crippen LogP contribution >= 0.6 is 0 Å². The first-order chi connectivity index (χ1) is 13.8. The first-order valence-electron chi connectivity index (χ1n) is 9.71. The number of hydrogen-bond acceptors (Lipinski definition) is 8. The highest BCUT2D eigenvalue weighted by atomic mass is 32.2. The minimum atomic E-state index is -3.23. The maximum atomic E-state index is 13.0. The summed E-state index contributed by atoms with van der Waals surface area (Å²) in [6.45, 7) is 6.54. The summed E-state index contributed by atoms with van der Waals surface area (Å²) in [6, 6.07) is 6.61. The summed E-state index contributed by atoms with van der Waals surface area (Å²) >= 11 is 0. The molecule has 0 aliphatic carbocycles. The Morgan fingerprint density at radius 3 is 2.27 bits per heavy atom. The van der Waals surface area contributed by atoms with Crippen LogP contribution in [-0.2, 0) is 10.0 Å². The van der Waals surface area contributed by atoms with Gasteiger partial charge in [-0.1, -0.05) is 0 Å². The molecule has 164 valence electrons. The Bertz CT molecular complexity index is 989. The SMILES string of the molecule is CC(C)(C)Oc1ccc(C(=O)[N+]2(N)N=C(C3CCN(S(C)(=O)=O)CC3)N=C2N)cc1. The van der Waals surface area contributed by atoms with Crippen LogP contribution in [0.5, 0.6) is 5.75 Å². The molecule has 1 aromatic rings. The fraction of sp³-hybridized carbons (Fsp3) is 0.526. The quantitative estimate of drug-likeness (QED) is 0.409. The summed E-state index contributed by atoms with van der Waals surface area (Å²) in [5, 5.41) is 4.32. The van der Waals surface area contributed by atoms with Gasteiger partial charge in [0.1, 0.15) is 11.4 Å². The number of benzene rings is 1. The fourth-order valence-corrected chi connectivity index (χ4v) is 4.29. The van der Waals surface area contributed by atoms with Gasteiger partial charge < -0.3 is 10.5 Å². The van der Waals surface area contributed by atoms with E-state index in [0.717, 1.165) is 0 Å². The summed E-state index contributed by atoms with van der Waals surface area (Å²) in [6.07, 6.45) is 2.26. The molecule has 1 unspecified atom stereocenters. The molecule has 1 saturated heterocycles. The molecule has 1 atom stereocenters. The van der Waals surface area contributed by atoms with Gasteiger partial charge in [-0.15, -0.1) is 5.84 Å². The van der Waals surface area contributed by atoms with Gasteiger partial charge in [-0.3, -0.25) is 0 Å². The van der Waals surface area contributed by atoms with Crippen molar-refractivity contribution in [2.24, 2.45) is 27.6 Å². The molecule has 2 heterocycles. The Balaban J connectivity index is 1.75. The number of hydrogen-bond donors (Lipinski definition) is 2. The lowest BCUT2D eigenvalue weighted by atomic mass is 9.97. The minimum absolute atomic E-state index is 0.111. The van der Waals surface area contributed by atoms with E-state index in [1.165, 1.54) is 10.6 Å². The van der Waals surface area contributed by atoms with Gasteiger partial charge in [0.05, 0.1) is 11.8 Å². The predicted octanol–water partition coefficient (Wildman–Crippen LogP) is 1.01. The number of nitrogens with zero attached hydrogens (tertiary/aromatic N) is 4. The van der Waals surface area contributed by atoms with Gasteiger partial charge >= 0.3 is 11.9 Å². The second-order valence-corrected chi connectivity index (χ2v) is 10.6. The molecule has 1 amide bonds. The average Bonchev–Trinajstić information content (AvgIpc) is 2.96. The largest absolute Gasteiger partial charge is 0.488 e. The van der Waals surface area contributed by atoms with Gasteiger partial charge in [0, 0.05) is 23.7 Å². The third kappa shape index (κ3) is 4.69. The lowest BCUT2D eigenvalue weighted by molar-refractivity contribution is -0.775. The molecule has 4 N–H and O–H groups in total. The van der Waals surface area contributed by atoms with Gasteiger partial charge in [-0.2, -0.15) is 4.99 Å². The maximum Gasteiger partial charge on any atom is 0.399 e. The molecule has 0 spiro atoms. The lowest BCUT2D eigenvalue weighted by Crippen LogP contribution is -2.60. The van der Waals surface area contributed by atoms with Crippen LogP contribution in [0.1, 0.15) is 44.0 Å². The molecule has 0 aromatic heterocycles. The molecule has 1 aromatic carbocycles. The van der Waals surface area contributed by atoms with Crippen LogP contribution in [0, 0.1) is 5.92 Å². The van der Waals surface area contributed by atoms with Crippen LogP contribution in [0.3, 0.4) is 0 Å². The molecular weight excluding hydrogens is 408 g/mol. The Hall–Kier alpha value is -2.34. The Morgan fingerprint density at radius 1 is 1.20 bits per heavy atom. The smallest absolute Gasteiger partial charge is 0.399 e. The Morgan fingerprint density at radius 2 is 1.77 bits per heavy atom. The van der Waals surface area contributed by atoms with E-state index >= 15 is 0 Å². The van der Waals surface area contributed by atoms with Crippen LogP contribution in [0.4, 0.5) is 0 Å². The summed E-state index contributed by atoms with van der Waals surface area (Å²) < 4.78 is 29.6. The molecule has 1 fully saturated rings. The number of carbonyl (C=O) groups is 1. The monoisotopic (exact) mass is 437 g/mol. The second kappa shape index (κ2) is 7.73. The molecule has 30 heavy (non-hydrogen) atoms. The van der Waals surface area contributed by atoms with Crippen molar-refractivity contribution in [1.29, 1.82) is 0 Å². The highest BCUT2D eigenvalue weighted by molar-refractivity contribution is 7.88. The van der Waals surface area contributed by atoms with Crippen LogP contribution in [0.25, 0.3) is 0 Å². The van der Waals surface area contributed by atoms with Gasteiger partial charge in [-0.05, 0) is 63.0 Å². The molecule has 11 heteroatoms. The van der Waals surface area contributed by atoms with Gasteiger partial charge in [-0.25, -0.2) is 17.5 Å². The van der Waals surface area contributed by atoms with Crippen molar-refractivity contribution in [2.45, 2.75) is 39.2 Å². The molecule has 2 aliphatic rings. The van der Waals surface area contributed by atoms with E-state index in [4.69, 9.17) is 16.3 Å². The van der Waals surface area contributed by atoms with Crippen molar-refractivity contribution in [1.82, 2.24) is 4.31 Å². The van der Waals surface area contributed by atoms with E-state index in [0.29, 0.717) is 43.1 Å². The van der Waals surface area contributed by atoms with Gasteiger partial charge in [0.2, 0.25) is 10.0 Å². The van der Waals surface area contributed by atoms with E-state index in [-0.39, 0.29) is 17.5 Å². The average molecular weight is 438 g/mol. The minimum Gasteiger partial charge on any atom is -0.488 e. The highest BCUT2D eigenvalue weighted by Gasteiger charge is 2.47. The molecule has 3 rings (SSSR count). The molecule has 0 radical (unpaired) electrons. The van der Waals surface area contributed by atoms with Crippen molar-refractivity contribution in [3.63, 3.8) is 0 Å². The highest BCUT2D eigenvalue weighted by Crippen LogP contribution is 2.26. The van der Waals surface area contributed by atoms with Crippen molar-refractivity contribution in [2.75, 3.05) is 19.3 Å². The zero-order valence-electron chi connectivity index (χ0n) is 17.7. The van der Waals surface area contributed by atoms with E-state index in [1.807, 2.05) is 20.8 Å². The number of sulfonamides is 1. The molecule has 0 saturated carbocycles. The number of ether oxygens (including phenoxy) is 1. The van der Waals surface area contributed by atoms with Crippen molar-refractivity contribution >= 4 is 27.7 Å². The third-order valence-electron chi connectivity index (χ3n) is 4.96. The number of guanidine groups is 1. The number of quaternary nitrogens is 1. The van der Waals surface area contributed by atoms with Crippen molar-refractivity contribution < 1.29 is 22.7 Å². The van der Waals surface area contributed by atoms with Crippen LogP contribution in [0.15, 0.2) is 34.4 Å². The molecule has 2 aliphatic heterocycles. The van der Waals surface area contributed by atoms with E-state index in [9.17, 15) is 13.2 Å². The van der Waals surface area contributed by atoms with E-state index in [1.54, 1.807) is 24.3 Å². The number of amides is 1. The normalized spacial score (nSPS) is 23.8. The topological polar surface area (TPSA) is 140 Å². The Labute approximate surface area is 176 Å². The van der Waals surface area contributed by atoms with E-state index in [2.05, 4.69) is 10.1 Å². The number of rotatable bonds is 4. The molecule has 10 nitrogen and oxygen atoms in total. The molecule has 0 bridgehead atoms. The zero-order valence-corrected chi connectivity index (χ0v) is 18.5. The van der Waals surface area contributed by atoms with E-state index < -0.39 is 20.6 Å². The maximum absolute atomic E-state index is 13.0. The van der Waals surface area contributed by atoms with Crippen LogP contribution in [0.2, 0.25) is 0 Å². The predicted molar refractivity (Wildman–Crippen MR) is 114 cm³/mol. The number of carbonyl (C=O) groups excluding carboxylic acids is 1. The van der Waals surface area contributed by atoms with Crippen LogP contribution in [-0.4, -0.2) is 60.1 Å². The third-order valence-corrected chi connectivity index (χ3v) is 6.26. The number of amidine groups is 1. The summed E-state index contributed by atoms with van der Waals surface area (Å²) in [5.41, 5.74) is 5.96. The standard InChI is InChI=1S/C19H29N6O4S/c1-19(2,3)29-15-7-5-14(6-8-15)17(26)25(21)18(20)22-16(23-25)13-9-11-24(12-10-13)30(4,27)28/h5-8,13H,9-12,21H2,1-4H3,(H2,20,22,23)/q+1. The summed E-state index contributed by atoms with van der Waals surface area (Å²) in [7, 11) is -3.23. The van der Waals surface area contributed by atoms with Crippen molar-refractivity contribution in [3.8, 4) is 5.75 Å². The Kier molecular flexibility index (Phi) is 5.76. The first-order valence-corrected chi connectivity index (χ1v) is 11.6. The first kappa shape index (κ1) is 22.3. The van der Waals surface area contributed by atoms with Crippen LogP contribution < -0.4 is 16.3 Å². The number of piperidine rings is 1. The summed E-state index contributed by atoms with van der Waals surface area (Å²) in [5.74, 6) is 6.49.